The number of furan rings is 1. The van der Waals surface area contributed by atoms with Gasteiger partial charge in [0, 0.05) is 12.1 Å². The zero-order valence-corrected chi connectivity index (χ0v) is 15.7. The average Bonchev–Trinajstić information content (AvgIpc) is 3.02. The highest BCUT2D eigenvalue weighted by Crippen LogP contribution is 2.17. The third-order valence-electron chi connectivity index (χ3n) is 3.45. The summed E-state index contributed by atoms with van der Waals surface area (Å²) in [4.78, 5) is 12.2. The molecule has 2 aromatic rings. The topological polar surface area (TPSA) is 88.4 Å². The molecule has 25 heavy (non-hydrogen) atoms. The van der Waals surface area contributed by atoms with E-state index in [4.69, 9.17) is 4.42 Å². The molecule has 1 aromatic heterocycles. The summed E-state index contributed by atoms with van der Waals surface area (Å²) in [6.45, 7) is 7.61. The van der Waals surface area contributed by atoms with Crippen molar-refractivity contribution in [2.75, 3.05) is 6.54 Å². The SMILES string of the molecule is CC(CNC(=O)c1ccc(S(=O)(=O)NC(C)(C)C)o1)c1ccccc1. The van der Waals surface area contributed by atoms with Gasteiger partial charge in [0.25, 0.3) is 15.9 Å². The van der Waals surface area contributed by atoms with E-state index in [1.54, 1.807) is 20.8 Å². The number of carbonyl (C=O) groups is 1. The molecule has 1 aromatic carbocycles. The Morgan fingerprint density at radius 2 is 1.76 bits per heavy atom. The van der Waals surface area contributed by atoms with Crippen LogP contribution in [0.5, 0.6) is 0 Å². The van der Waals surface area contributed by atoms with Gasteiger partial charge in [-0.2, -0.15) is 0 Å². The van der Waals surface area contributed by atoms with E-state index in [0.29, 0.717) is 6.54 Å². The van der Waals surface area contributed by atoms with Crippen LogP contribution in [0.3, 0.4) is 0 Å². The first-order valence-corrected chi connectivity index (χ1v) is 9.54. The largest absolute Gasteiger partial charge is 0.438 e. The molecular formula is C18H24N2O4S. The summed E-state index contributed by atoms with van der Waals surface area (Å²) in [5.41, 5.74) is 0.471. The zero-order chi connectivity index (χ0) is 18.7. The van der Waals surface area contributed by atoms with Crippen LogP contribution in [0.4, 0.5) is 0 Å². The van der Waals surface area contributed by atoms with Crippen LogP contribution in [0.1, 0.15) is 49.7 Å². The molecule has 0 aliphatic carbocycles. The molecular weight excluding hydrogens is 340 g/mol. The molecule has 6 nitrogen and oxygen atoms in total. The molecule has 1 atom stereocenters. The molecule has 2 rings (SSSR count). The lowest BCUT2D eigenvalue weighted by Gasteiger charge is -2.19. The second kappa shape index (κ2) is 7.41. The second-order valence-electron chi connectivity index (χ2n) is 7.00. The molecule has 0 aliphatic heterocycles. The number of rotatable bonds is 6. The predicted octanol–water partition coefficient (Wildman–Crippen LogP) is 2.89. The highest BCUT2D eigenvalue weighted by atomic mass is 32.2. The summed E-state index contributed by atoms with van der Waals surface area (Å²) in [6, 6.07) is 12.5. The Balaban J connectivity index is 2.01. The van der Waals surface area contributed by atoms with Crippen molar-refractivity contribution >= 4 is 15.9 Å². The van der Waals surface area contributed by atoms with Crippen molar-refractivity contribution in [1.82, 2.24) is 10.0 Å². The molecule has 1 unspecified atom stereocenters. The Kier molecular flexibility index (Phi) is 5.69. The minimum absolute atomic E-state index is 0.0328. The summed E-state index contributed by atoms with van der Waals surface area (Å²) in [7, 11) is -3.80. The van der Waals surface area contributed by atoms with Gasteiger partial charge >= 0.3 is 0 Å². The van der Waals surface area contributed by atoms with E-state index in [1.165, 1.54) is 12.1 Å². The lowest BCUT2D eigenvalue weighted by atomic mass is 10.0. The lowest BCUT2D eigenvalue weighted by Crippen LogP contribution is -2.40. The van der Waals surface area contributed by atoms with Gasteiger partial charge in [-0.3, -0.25) is 4.79 Å². The molecule has 0 spiro atoms. The van der Waals surface area contributed by atoms with E-state index < -0.39 is 21.5 Å². The van der Waals surface area contributed by atoms with Crippen molar-refractivity contribution < 1.29 is 17.6 Å². The molecule has 0 saturated heterocycles. The summed E-state index contributed by atoms with van der Waals surface area (Å²) < 4.78 is 32.1. The molecule has 1 amide bonds. The second-order valence-corrected chi connectivity index (χ2v) is 8.61. The third kappa shape index (κ3) is 5.44. The summed E-state index contributed by atoms with van der Waals surface area (Å²) in [5, 5.41) is 2.49. The first kappa shape index (κ1) is 19.2. The molecule has 0 aliphatic rings. The van der Waals surface area contributed by atoms with Gasteiger partial charge in [-0.05, 0) is 44.4 Å². The lowest BCUT2D eigenvalue weighted by molar-refractivity contribution is 0.0918. The molecule has 0 fully saturated rings. The number of benzene rings is 1. The highest BCUT2D eigenvalue weighted by Gasteiger charge is 2.26. The Bertz CT molecular complexity index is 820. The van der Waals surface area contributed by atoms with Gasteiger partial charge in [0.05, 0.1) is 0 Å². The molecule has 1 heterocycles. The number of amides is 1. The van der Waals surface area contributed by atoms with Crippen LogP contribution in [0.2, 0.25) is 0 Å². The van der Waals surface area contributed by atoms with E-state index >= 15 is 0 Å². The van der Waals surface area contributed by atoms with Crippen molar-refractivity contribution in [3.63, 3.8) is 0 Å². The van der Waals surface area contributed by atoms with Crippen LogP contribution < -0.4 is 10.0 Å². The Labute approximate surface area is 148 Å². The van der Waals surface area contributed by atoms with Crippen molar-refractivity contribution in [1.29, 1.82) is 0 Å². The van der Waals surface area contributed by atoms with Crippen molar-refractivity contribution in [2.45, 2.75) is 44.2 Å². The molecule has 2 N–H and O–H groups in total. The number of carbonyl (C=O) groups excluding carboxylic acids is 1. The Morgan fingerprint density at radius 3 is 2.36 bits per heavy atom. The molecule has 136 valence electrons. The fraction of sp³-hybridized carbons (Fsp3) is 0.389. The molecule has 0 bridgehead atoms. The number of sulfonamides is 1. The minimum atomic E-state index is -3.80. The summed E-state index contributed by atoms with van der Waals surface area (Å²) in [6.07, 6.45) is 0. The molecule has 0 radical (unpaired) electrons. The Hall–Kier alpha value is -2.12. The van der Waals surface area contributed by atoms with Gasteiger partial charge in [0.15, 0.2) is 5.76 Å². The van der Waals surface area contributed by atoms with E-state index in [1.807, 2.05) is 37.3 Å². The third-order valence-corrected chi connectivity index (χ3v) is 5.08. The van der Waals surface area contributed by atoms with Gasteiger partial charge in [-0.25, -0.2) is 13.1 Å². The van der Waals surface area contributed by atoms with Crippen LogP contribution in [-0.4, -0.2) is 26.4 Å². The zero-order valence-electron chi connectivity index (χ0n) is 14.9. The monoisotopic (exact) mass is 364 g/mol. The van der Waals surface area contributed by atoms with Crippen LogP contribution in [-0.2, 0) is 10.0 Å². The maximum atomic E-state index is 12.2. The van der Waals surface area contributed by atoms with Crippen LogP contribution in [0.15, 0.2) is 52.0 Å². The number of hydrogen-bond acceptors (Lipinski definition) is 4. The minimum Gasteiger partial charge on any atom is -0.438 e. The highest BCUT2D eigenvalue weighted by molar-refractivity contribution is 7.89. The van der Waals surface area contributed by atoms with Crippen LogP contribution >= 0.6 is 0 Å². The quantitative estimate of drug-likeness (QED) is 0.825. The van der Waals surface area contributed by atoms with Gasteiger partial charge in [0.2, 0.25) is 5.09 Å². The van der Waals surface area contributed by atoms with Gasteiger partial charge < -0.3 is 9.73 Å². The van der Waals surface area contributed by atoms with Gasteiger partial charge in [0.1, 0.15) is 0 Å². The maximum Gasteiger partial charge on any atom is 0.287 e. The average molecular weight is 364 g/mol. The smallest absolute Gasteiger partial charge is 0.287 e. The summed E-state index contributed by atoms with van der Waals surface area (Å²) in [5.74, 6) is -0.347. The summed E-state index contributed by atoms with van der Waals surface area (Å²) >= 11 is 0. The Morgan fingerprint density at radius 1 is 1.12 bits per heavy atom. The van der Waals surface area contributed by atoms with E-state index in [-0.39, 0.29) is 16.8 Å². The molecule has 7 heteroatoms. The molecule has 0 saturated carbocycles. The van der Waals surface area contributed by atoms with E-state index in [9.17, 15) is 13.2 Å². The van der Waals surface area contributed by atoms with Crippen LogP contribution in [0, 0.1) is 0 Å². The van der Waals surface area contributed by atoms with E-state index in [0.717, 1.165) is 5.56 Å². The first-order valence-electron chi connectivity index (χ1n) is 8.05. The first-order chi connectivity index (χ1) is 11.6. The number of hydrogen-bond donors (Lipinski definition) is 2. The van der Waals surface area contributed by atoms with Gasteiger partial charge in [-0.1, -0.05) is 37.3 Å². The number of nitrogens with one attached hydrogen (secondary N) is 2. The van der Waals surface area contributed by atoms with Crippen molar-refractivity contribution in [2.24, 2.45) is 0 Å². The van der Waals surface area contributed by atoms with Gasteiger partial charge in [-0.15, -0.1) is 0 Å². The van der Waals surface area contributed by atoms with Crippen molar-refractivity contribution in [3.05, 3.63) is 53.8 Å². The maximum absolute atomic E-state index is 12.2. The fourth-order valence-electron chi connectivity index (χ4n) is 2.27. The van der Waals surface area contributed by atoms with Crippen LogP contribution in [0.25, 0.3) is 0 Å². The normalized spacial score (nSPS) is 13.4. The predicted molar refractivity (Wildman–Crippen MR) is 96.0 cm³/mol. The standard InChI is InChI=1S/C18H24N2O4S/c1-13(14-8-6-5-7-9-14)12-19-17(21)15-10-11-16(24-15)25(22,23)20-18(2,3)4/h5-11,13,20H,12H2,1-4H3,(H,19,21). The fourth-order valence-corrected chi connectivity index (χ4v) is 3.63. The van der Waals surface area contributed by atoms with Crippen molar-refractivity contribution in [3.8, 4) is 0 Å². The van der Waals surface area contributed by atoms with E-state index in [2.05, 4.69) is 10.0 Å².